The summed E-state index contributed by atoms with van der Waals surface area (Å²) in [5.74, 6) is -1.06. The second-order valence-electron chi connectivity index (χ2n) is 5.78. The van der Waals surface area contributed by atoms with Crippen molar-refractivity contribution in [3.8, 4) is 0 Å². The Balaban J connectivity index is 2.46. The largest absolute Gasteiger partial charge is 0.312 e. The van der Waals surface area contributed by atoms with Gasteiger partial charge in [0.1, 0.15) is 11.6 Å². The van der Waals surface area contributed by atoms with Crippen molar-refractivity contribution in [2.24, 2.45) is 5.41 Å². The lowest BCUT2D eigenvalue weighted by atomic mass is 9.93. The van der Waals surface area contributed by atoms with Crippen LogP contribution in [-0.2, 0) is 6.54 Å². The molecule has 1 N–H and O–H groups in total. The highest BCUT2D eigenvalue weighted by atomic mass is 19.1. The van der Waals surface area contributed by atoms with Crippen LogP contribution in [0, 0.1) is 17.0 Å². The fourth-order valence-corrected chi connectivity index (χ4v) is 2.17. The van der Waals surface area contributed by atoms with E-state index < -0.39 is 11.6 Å². The Labute approximate surface area is 108 Å². The summed E-state index contributed by atoms with van der Waals surface area (Å²) in [6.07, 6.45) is 0. The summed E-state index contributed by atoms with van der Waals surface area (Å²) in [4.78, 5) is 2.13. The maximum atomic E-state index is 13.0. The standard InChI is InChI=1S/C14H22F2N2/c1-14(2,10-18(3)4)9-17-8-11-5-12(15)7-13(16)6-11/h5-7,17H,8-10H2,1-4H3. The number of nitrogens with one attached hydrogen (secondary N) is 1. The average Bonchev–Trinajstić information content (AvgIpc) is 2.12. The lowest BCUT2D eigenvalue weighted by Gasteiger charge is -2.28. The number of rotatable bonds is 6. The minimum absolute atomic E-state index is 0.120. The first-order valence-corrected chi connectivity index (χ1v) is 6.09. The zero-order valence-corrected chi connectivity index (χ0v) is 11.6. The molecule has 0 amide bonds. The van der Waals surface area contributed by atoms with Crippen molar-refractivity contribution in [2.45, 2.75) is 20.4 Å². The number of benzene rings is 1. The van der Waals surface area contributed by atoms with Gasteiger partial charge in [-0.15, -0.1) is 0 Å². The first kappa shape index (κ1) is 15.1. The predicted molar refractivity (Wildman–Crippen MR) is 70.4 cm³/mol. The van der Waals surface area contributed by atoms with Gasteiger partial charge in [-0.2, -0.15) is 0 Å². The molecule has 0 atom stereocenters. The van der Waals surface area contributed by atoms with Crippen molar-refractivity contribution in [3.05, 3.63) is 35.4 Å². The lowest BCUT2D eigenvalue weighted by molar-refractivity contribution is 0.232. The van der Waals surface area contributed by atoms with Crippen LogP contribution in [0.25, 0.3) is 0 Å². The second kappa shape index (κ2) is 6.25. The topological polar surface area (TPSA) is 15.3 Å². The molecule has 0 radical (unpaired) electrons. The van der Waals surface area contributed by atoms with Gasteiger partial charge in [0.05, 0.1) is 0 Å². The zero-order chi connectivity index (χ0) is 13.8. The first-order chi connectivity index (χ1) is 8.28. The number of halogens is 2. The molecule has 18 heavy (non-hydrogen) atoms. The van der Waals surface area contributed by atoms with Crippen LogP contribution < -0.4 is 5.32 Å². The van der Waals surface area contributed by atoms with E-state index in [2.05, 4.69) is 24.1 Å². The molecule has 0 saturated carbocycles. The molecule has 0 unspecified atom stereocenters. The van der Waals surface area contributed by atoms with Crippen LogP contribution in [0.15, 0.2) is 18.2 Å². The van der Waals surface area contributed by atoms with Crippen LogP contribution in [0.3, 0.4) is 0 Å². The van der Waals surface area contributed by atoms with Gasteiger partial charge in [0, 0.05) is 25.7 Å². The summed E-state index contributed by atoms with van der Waals surface area (Å²) < 4.78 is 26.0. The molecule has 0 aromatic heterocycles. The van der Waals surface area contributed by atoms with Gasteiger partial charge in [0.2, 0.25) is 0 Å². The SMILES string of the molecule is CN(C)CC(C)(C)CNCc1cc(F)cc(F)c1. The van der Waals surface area contributed by atoms with E-state index in [9.17, 15) is 8.78 Å². The summed E-state index contributed by atoms with van der Waals surface area (Å²) >= 11 is 0. The smallest absolute Gasteiger partial charge is 0.126 e. The number of hydrogen-bond acceptors (Lipinski definition) is 2. The van der Waals surface area contributed by atoms with Crippen LogP contribution in [-0.4, -0.2) is 32.1 Å². The molecule has 1 rings (SSSR count). The van der Waals surface area contributed by atoms with Crippen molar-refractivity contribution in [2.75, 3.05) is 27.2 Å². The Morgan fingerprint density at radius 1 is 1.11 bits per heavy atom. The van der Waals surface area contributed by atoms with Crippen molar-refractivity contribution in [1.82, 2.24) is 10.2 Å². The van der Waals surface area contributed by atoms with E-state index in [1.807, 2.05) is 14.1 Å². The molecular weight excluding hydrogens is 234 g/mol. The third-order valence-corrected chi connectivity index (χ3v) is 2.60. The van der Waals surface area contributed by atoms with Crippen molar-refractivity contribution in [3.63, 3.8) is 0 Å². The maximum absolute atomic E-state index is 13.0. The molecule has 0 saturated heterocycles. The van der Waals surface area contributed by atoms with Gasteiger partial charge >= 0.3 is 0 Å². The molecule has 0 aliphatic carbocycles. The Kier molecular flexibility index (Phi) is 5.23. The summed E-state index contributed by atoms with van der Waals surface area (Å²) in [6, 6.07) is 3.60. The summed E-state index contributed by atoms with van der Waals surface area (Å²) in [7, 11) is 4.06. The molecule has 0 aliphatic rings. The molecule has 1 aromatic carbocycles. The highest BCUT2D eigenvalue weighted by Gasteiger charge is 2.18. The van der Waals surface area contributed by atoms with E-state index in [4.69, 9.17) is 0 Å². The summed E-state index contributed by atoms with van der Waals surface area (Å²) in [5.41, 5.74) is 0.753. The van der Waals surface area contributed by atoms with Crippen LogP contribution in [0.5, 0.6) is 0 Å². The highest BCUT2D eigenvalue weighted by molar-refractivity contribution is 5.17. The maximum Gasteiger partial charge on any atom is 0.126 e. The second-order valence-corrected chi connectivity index (χ2v) is 5.78. The minimum atomic E-state index is -0.528. The van der Waals surface area contributed by atoms with E-state index >= 15 is 0 Å². The minimum Gasteiger partial charge on any atom is -0.312 e. The van der Waals surface area contributed by atoms with E-state index in [1.54, 1.807) is 0 Å². The van der Waals surface area contributed by atoms with Gasteiger partial charge in [0.25, 0.3) is 0 Å². The molecular formula is C14H22F2N2. The van der Waals surface area contributed by atoms with E-state index in [1.165, 1.54) is 12.1 Å². The molecule has 0 bridgehead atoms. The lowest BCUT2D eigenvalue weighted by Crippen LogP contribution is -2.37. The van der Waals surface area contributed by atoms with Crippen molar-refractivity contribution >= 4 is 0 Å². The van der Waals surface area contributed by atoms with Gasteiger partial charge in [-0.3, -0.25) is 0 Å². The Morgan fingerprint density at radius 2 is 1.67 bits per heavy atom. The average molecular weight is 256 g/mol. The summed E-state index contributed by atoms with van der Waals surface area (Å²) in [6.45, 7) is 6.55. The Bertz CT molecular complexity index is 369. The van der Waals surface area contributed by atoms with Gasteiger partial charge in [-0.05, 0) is 37.2 Å². The zero-order valence-electron chi connectivity index (χ0n) is 11.6. The van der Waals surface area contributed by atoms with E-state index in [-0.39, 0.29) is 5.41 Å². The molecule has 2 nitrogen and oxygen atoms in total. The number of nitrogens with zero attached hydrogens (tertiary/aromatic N) is 1. The molecule has 102 valence electrons. The van der Waals surface area contributed by atoms with Crippen molar-refractivity contribution < 1.29 is 8.78 Å². The van der Waals surface area contributed by atoms with E-state index in [0.29, 0.717) is 12.1 Å². The quantitative estimate of drug-likeness (QED) is 0.841. The normalized spacial score (nSPS) is 12.2. The molecule has 1 aromatic rings. The van der Waals surface area contributed by atoms with Crippen LogP contribution in [0.1, 0.15) is 19.4 Å². The molecule has 0 aliphatic heterocycles. The van der Waals surface area contributed by atoms with Crippen LogP contribution in [0.4, 0.5) is 8.78 Å². The molecule has 0 heterocycles. The van der Waals surface area contributed by atoms with Crippen LogP contribution in [0.2, 0.25) is 0 Å². The van der Waals surface area contributed by atoms with Gasteiger partial charge in [-0.25, -0.2) is 8.78 Å². The molecule has 4 heteroatoms. The predicted octanol–water partition coefficient (Wildman–Crippen LogP) is 2.64. The Morgan fingerprint density at radius 3 is 2.17 bits per heavy atom. The monoisotopic (exact) mass is 256 g/mol. The third kappa shape index (κ3) is 5.56. The molecule has 0 fully saturated rings. The highest BCUT2D eigenvalue weighted by Crippen LogP contribution is 2.15. The number of hydrogen-bond donors (Lipinski definition) is 1. The first-order valence-electron chi connectivity index (χ1n) is 6.09. The fraction of sp³-hybridized carbons (Fsp3) is 0.571. The van der Waals surface area contributed by atoms with Crippen molar-refractivity contribution in [1.29, 1.82) is 0 Å². The van der Waals surface area contributed by atoms with E-state index in [0.717, 1.165) is 19.2 Å². The van der Waals surface area contributed by atoms with Crippen LogP contribution >= 0.6 is 0 Å². The molecule has 0 spiro atoms. The summed E-state index contributed by atoms with van der Waals surface area (Å²) in [5, 5.41) is 3.24. The van der Waals surface area contributed by atoms with Gasteiger partial charge in [-0.1, -0.05) is 13.8 Å². The fourth-order valence-electron chi connectivity index (χ4n) is 2.17. The third-order valence-electron chi connectivity index (χ3n) is 2.60. The Hall–Kier alpha value is -1.00. The van der Waals surface area contributed by atoms with Gasteiger partial charge < -0.3 is 10.2 Å². The van der Waals surface area contributed by atoms with Gasteiger partial charge in [0.15, 0.2) is 0 Å².